The lowest BCUT2D eigenvalue weighted by Crippen LogP contribution is -2.41. The van der Waals surface area contributed by atoms with E-state index in [0.717, 1.165) is 6.42 Å². The van der Waals surface area contributed by atoms with Crippen LogP contribution in [0, 0.1) is 12.7 Å². The zero-order valence-electron chi connectivity index (χ0n) is 10.9. The highest BCUT2D eigenvalue weighted by atomic mass is 19.1. The summed E-state index contributed by atoms with van der Waals surface area (Å²) in [5.74, 6) is -0.709. The van der Waals surface area contributed by atoms with Crippen molar-refractivity contribution in [2.24, 2.45) is 0 Å². The van der Waals surface area contributed by atoms with Crippen LogP contribution in [0.5, 0.6) is 0 Å². The molecule has 1 aromatic rings. The van der Waals surface area contributed by atoms with Crippen LogP contribution in [0.3, 0.4) is 0 Å². The fourth-order valence-electron chi connectivity index (χ4n) is 2.38. The van der Waals surface area contributed by atoms with Crippen molar-refractivity contribution in [1.29, 1.82) is 0 Å². The fraction of sp³-hybridized carbons (Fsp3) is 0.500. The third kappa shape index (κ3) is 2.25. The third-order valence-corrected chi connectivity index (χ3v) is 3.58. The second kappa shape index (κ2) is 5.06. The normalized spacial score (nSPS) is 23.1. The Kier molecular flexibility index (Phi) is 3.66. The predicted molar refractivity (Wildman–Crippen MR) is 67.0 cm³/mol. The molecule has 98 valence electrons. The van der Waals surface area contributed by atoms with Crippen LogP contribution in [0.1, 0.15) is 29.3 Å². The average Bonchev–Trinajstić information content (AvgIpc) is 2.77. The molecule has 1 aliphatic rings. The van der Waals surface area contributed by atoms with Gasteiger partial charge < -0.3 is 9.64 Å². The fourth-order valence-corrected chi connectivity index (χ4v) is 2.38. The highest BCUT2D eigenvalue weighted by Gasteiger charge is 2.31. The third-order valence-electron chi connectivity index (χ3n) is 3.58. The SMILES string of the molecule is Cc1cccc(C(=O)N(C)C2CCOC2C)c1F. The molecule has 2 rings (SSSR count). The van der Waals surface area contributed by atoms with Crippen molar-refractivity contribution in [2.45, 2.75) is 32.4 Å². The molecule has 0 spiro atoms. The van der Waals surface area contributed by atoms with E-state index in [1.165, 1.54) is 6.07 Å². The van der Waals surface area contributed by atoms with Gasteiger partial charge in [-0.3, -0.25) is 4.79 Å². The number of benzene rings is 1. The van der Waals surface area contributed by atoms with Gasteiger partial charge in [0.1, 0.15) is 5.82 Å². The molecule has 0 aliphatic carbocycles. The number of amides is 1. The van der Waals surface area contributed by atoms with Gasteiger partial charge in [-0.2, -0.15) is 0 Å². The number of rotatable bonds is 2. The van der Waals surface area contributed by atoms with Crippen molar-refractivity contribution in [3.8, 4) is 0 Å². The lowest BCUT2D eigenvalue weighted by Gasteiger charge is -2.27. The van der Waals surface area contributed by atoms with E-state index in [1.807, 2.05) is 6.92 Å². The maximum Gasteiger partial charge on any atom is 0.256 e. The van der Waals surface area contributed by atoms with Gasteiger partial charge in [0, 0.05) is 13.7 Å². The van der Waals surface area contributed by atoms with E-state index in [9.17, 15) is 9.18 Å². The van der Waals surface area contributed by atoms with E-state index in [-0.39, 0.29) is 23.6 Å². The summed E-state index contributed by atoms with van der Waals surface area (Å²) < 4.78 is 19.4. The molecule has 2 atom stereocenters. The molecule has 18 heavy (non-hydrogen) atoms. The Bertz CT molecular complexity index is 461. The van der Waals surface area contributed by atoms with Crippen molar-refractivity contribution in [2.75, 3.05) is 13.7 Å². The van der Waals surface area contributed by atoms with Crippen LogP contribution in [0.15, 0.2) is 18.2 Å². The van der Waals surface area contributed by atoms with Gasteiger partial charge >= 0.3 is 0 Å². The molecule has 1 saturated heterocycles. The monoisotopic (exact) mass is 251 g/mol. The maximum atomic E-state index is 13.9. The van der Waals surface area contributed by atoms with Crippen LogP contribution in [-0.2, 0) is 4.74 Å². The number of nitrogens with zero attached hydrogens (tertiary/aromatic N) is 1. The number of carbonyl (C=O) groups excluding carboxylic acids is 1. The lowest BCUT2D eigenvalue weighted by atomic mass is 10.1. The first-order valence-corrected chi connectivity index (χ1v) is 6.16. The number of ether oxygens (including phenoxy) is 1. The van der Waals surface area contributed by atoms with Gasteiger partial charge in [0.15, 0.2) is 0 Å². The number of hydrogen-bond donors (Lipinski definition) is 0. The minimum atomic E-state index is -0.430. The second-order valence-electron chi connectivity index (χ2n) is 4.78. The molecule has 4 heteroatoms. The Morgan fingerprint density at radius 1 is 1.50 bits per heavy atom. The van der Waals surface area contributed by atoms with E-state index in [4.69, 9.17) is 4.74 Å². The molecule has 0 bridgehead atoms. The summed E-state index contributed by atoms with van der Waals surface area (Å²) in [6.07, 6.45) is 0.809. The molecule has 1 aromatic carbocycles. The largest absolute Gasteiger partial charge is 0.376 e. The Balaban J connectivity index is 2.23. The average molecular weight is 251 g/mol. The van der Waals surface area contributed by atoms with Gasteiger partial charge in [-0.25, -0.2) is 4.39 Å². The standard InChI is InChI=1S/C14H18FNO2/c1-9-5-4-6-11(13(9)15)14(17)16(3)12-7-8-18-10(12)2/h4-6,10,12H,7-8H2,1-3H3. The highest BCUT2D eigenvalue weighted by molar-refractivity contribution is 5.94. The van der Waals surface area contributed by atoms with E-state index < -0.39 is 5.82 Å². The van der Waals surface area contributed by atoms with Crippen molar-refractivity contribution in [1.82, 2.24) is 4.90 Å². The molecule has 0 radical (unpaired) electrons. The molecule has 1 fully saturated rings. The summed E-state index contributed by atoms with van der Waals surface area (Å²) in [6.45, 7) is 4.25. The molecule has 2 unspecified atom stereocenters. The van der Waals surface area contributed by atoms with Crippen LogP contribution < -0.4 is 0 Å². The molecule has 1 amide bonds. The van der Waals surface area contributed by atoms with E-state index in [1.54, 1.807) is 31.0 Å². The van der Waals surface area contributed by atoms with E-state index >= 15 is 0 Å². The maximum absolute atomic E-state index is 13.9. The Morgan fingerprint density at radius 2 is 2.22 bits per heavy atom. The Hall–Kier alpha value is -1.42. The predicted octanol–water partition coefficient (Wildman–Crippen LogP) is 2.38. The van der Waals surface area contributed by atoms with Gasteiger partial charge in [-0.05, 0) is 31.9 Å². The quantitative estimate of drug-likeness (QED) is 0.807. The minimum Gasteiger partial charge on any atom is -0.376 e. The van der Waals surface area contributed by atoms with Crippen LogP contribution in [0.4, 0.5) is 4.39 Å². The van der Waals surface area contributed by atoms with Crippen molar-refractivity contribution < 1.29 is 13.9 Å². The van der Waals surface area contributed by atoms with Crippen LogP contribution in [-0.4, -0.2) is 36.6 Å². The number of aryl methyl sites for hydroxylation is 1. The van der Waals surface area contributed by atoms with E-state index in [2.05, 4.69) is 0 Å². The summed E-state index contributed by atoms with van der Waals surface area (Å²) in [5.41, 5.74) is 0.626. The first-order chi connectivity index (χ1) is 8.52. The number of carbonyl (C=O) groups is 1. The van der Waals surface area contributed by atoms with Gasteiger partial charge in [-0.1, -0.05) is 12.1 Å². The van der Waals surface area contributed by atoms with Crippen LogP contribution >= 0.6 is 0 Å². The molecule has 1 aliphatic heterocycles. The van der Waals surface area contributed by atoms with Crippen LogP contribution in [0.2, 0.25) is 0 Å². The summed E-state index contributed by atoms with van der Waals surface area (Å²) in [7, 11) is 1.71. The second-order valence-corrected chi connectivity index (χ2v) is 4.78. The zero-order chi connectivity index (χ0) is 13.3. The Labute approximate surface area is 107 Å². The van der Waals surface area contributed by atoms with Crippen molar-refractivity contribution >= 4 is 5.91 Å². The molecular formula is C14H18FNO2. The number of hydrogen-bond acceptors (Lipinski definition) is 2. The van der Waals surface area contributed by atoms with E-state index in [0.29, 0.717) is 12.2 Å². The van der Waals surface area contributed by atoms with Gasteiger partial charge in [0.05, 0.1) is 17.7 Å². The molecule has 1 heterocycles. The Morgan fingerprint density at radius 3 is 2.83 bits per heavy atom. The van der Waals surface area contributed by atoms with Crippen molar-refractivity contribution in [3.63, 3.8) is 0 Å². The summed E-state index contributed by atoms with van der Waals surface area (Å²) in [4.78, 5) is 13.9. The number of halogens is 1. The smallest absolute Gasteiger partial charge is 0.256 e. The van der Waals surface area contributed by atoms with Gasteiger partial charge in [-0.15, -0.1) is 0 Å². The molecule has 0 aromatic heterocycles. The minimum absolute atomic E-state index is 0.00632. The molecule has 3 nitrogen and oxygen atoms in total. The van der Waals surface area contributed by atoms with Crippen molar-refractivity contribution in [3.05, 3.63) is 35.1 Å². The first-order valence-electron chi connectivity index (χ1n) is 6.16. The van der Waals surface area contributed by atoms with Crippen LogP contribution in [0.25, 0.3) is 0 Å². The molecular weight excluding hydrogens is 233 g/mol. The molecule has 0 N–H and O–H groups in total. The summed E-state index contributed by atoms with van der Waals surface area (Å²) in [6, 6.07) is 4.92. The summed E-state index contributed by atoms with van der Waals surface area (Å²) in [5, 5.41) is 0. The first kappa shape index (κ1) is 13.0. The summed E-state index contributed by atoms with van der Waals surface area (Å²) >= 11 is 0. The molecule has 0 saturated carbocycles. The van der Waals surface area contributed by atoms with Gasteiger partial charge in [0.2, 0.25) is 0 Å². The number of likely N-dealkylation sites (N-methyl/N-ethyl adjacent to an activating group) is 1. The van der Waals surface area contributed by atoms with Gasteiger partial charge in [0.25, 0.3) is 5.91 Å². The topological polar surface area (TPSA) is 29.5 Å². The zero-order valence-corrected chi connectivity index (χ0v) is 10.9. The highest BCUT2D eigenvalue weighted by Crippen LogP contribution is 2.21. The lowest BCUT2D eigenvalue weighted by molar-refractivity contribution is 0.0570.